The van der Waals surface area contributed by atoms with Crippen molar-refractivity contribution in [3.8, 4) is 6.07 Å². The van der Waals surface area contributed by atoms with Crippen LogP contribution in [0.2, 0.25) is 0 Å². The van der Waals surface area contributed by atoms with Gasteiger partial charge in [0.1, 0.15) is 11.9 Å². The minimum atomic E-state index is -0.207. The van der Waals surface area contributed by atoms with Crippen LogP contribution in [-0.4, -0.2) is 20.6 Å². The number of nitrogens with zero attached hydrogens (tertiary/aromatic N) is 4. The molecule has 2 aromatic carbocycles. The van der Waals surface area contributed by atoms with Crippen LogP contribution < -0.4 is 11.0 Å². The molecule has 0 saturated carbocycles. The number of imidazole rings is 1. The van der Waals surface area contributed by atoms with E-state index in [0.717, 1.165) is 44.4 Å². The van der Waals surface area contributed by atoms with Gasteiger partial charge in [-0.2, -0.15) is 10.4 Å². The number of hydrogen-bond donors (Lipinski definition) is 2. The standard InChI is InChI=1S/C26H22N6O/c1-4-19-16(3)20(13-27)24-29-22-7-5-6-8-23(22)32(24)25(19)31-28-14-18-12-17-11-15(2)9-10-21(17)30-26(18)33/h5-12,14,31H,4H2,1-3H3,(H,30,33)/b28-14-. The lowest BCUT2D eigenvalue weighted by molar-refractivity contribution is 1.04. The van der Waals surface area contributed by atoms with E-state index >= 15 is 0 Å². The van der Waals surface area contributed by atoms with Gasteiger partial charge in [0, 0.05) is 5.52 Å². The topological polar surface area (TPSA) is 98.3 Å². The average molecular weight is 435 g/mol. The summed E-state index contributed by atoms with van der Waals surface area (Å²) >= 11 is 0. The van der Waals surface area contributed by atoms with E-state index < -0.39 is 0 Å². The van der Waals surface area contributed by atoms with E-state index in [2.05, 4.69) is 21.6 Å². The largest absolute Gasteiger partial charge is 0.321 e. The van der Waals surface area contributed by atoms with Crippen LogP contribution in [0.3, 0.4) is 0 Å². The molecule has 0 atom stereocenters. The van der Waals surface area contributed by atoms with Crippen LogP contribution in [-0.2, 0) is 6.42 Å². The van der Waals surface area contributed by atoms with Crippen molar-refractivity contribution < 1.29 is 0 Å². The Morgan fingerprint density at radius 2 is 2.03 bits per heavy atom. The quantitative estimate of drug-likeness (QED) is 0.313. The summed E-state index contributed by atoms with van der Waals surface area (Å²) in [5, 5.41) is 15.2. The number of aromatic amines is 1. The number of nitrogens with one attached hydrogen (secondary N) is 2. The van der Waals surface area contributed by atoms with Crippen LogP contribution in [0.15, 0.2) is 58.4 Å². The zero-order valence-corrected chi connectivity index (χ0v) is 18.6. The van der Waals surface area contributed by atoms with Crippen LogP contribution in [0.1, 0.15) is 34.7 Å². The highest BCUT2D eigenvalue weighted by Gasteiger charge is 2.19. The van der Waals surface area contributed by atoms with Crippen molar-refractivity contribution in [1.29, 1.82) is 5.26 Å². The fourth-order valence-electron chi connectivity index (χ4n) is 4.34. The molecule has 0 saturated heterocycles. The Morgan fingerprint density at radius 1 is 1.21 bits per heavy atom. The molecule has 7 heteroatoms. The SMILES string of the molecule is CCc1c(C)c(C#N)c2nc3ccccc3n2c1N/N=C\c1cc2cc(C)ccc2[nH]c1=O. The van der Waals surface area contributed by atoms with Crippen LogP contribution >= 0.6 is 0 Å². The van der Waals surface area contributed by atoms with Gasteiger partial charge < -0.3 is 4.98 Å². The lowest BCUT2D eigenvalue weighted by Crippen LogP contribution is -2.13. The van der Waals surface area contributed by atoms with Crippen molar-refractivity contribution in [1.82, 2.24) is 14.4 Å². The predicted molar refractivity (Wildman–Crippen MR) is 132 cm³/mol. The highest BCUT2D eigenvalue weighted by molar-refractivity contribution is 5.89. The predicted octanol–water partition coefficient (Wildman–Crippen LogP) is 4.83. The number of benzene rings is 2. The van der Waals surface area contributed by atoms with Crippen LogP contribution in [0.5, 0.6) is 0 Å². The molecule has 0 fully saturated rings. The molecule has 3 aromatic heterocycles. The Labute approximate surface area is 190 Å². The molecule has 0 amide bonds. The molecule has 0 aliphatic carbocycles. The molecular weight excluding hydrogens is 412 g/mol. The van der Waals surface area contributed by atoms with E-state index in [1.54, 1.807) is 0 Å². The maximum atomic E-state index is 12.5. The van der Waals surface area contributed by atoms with Crippen LogP contribution in [0.25, 0.3) is 27.6 Å². The van der Waals surface area contributed by atoms with E-state index in [1.165, 1.54) is 6.21 Å². The lowest BCUT2D eigenvalue weighted by atomic mass is 10.0. The van der Waals surface area contributed by atoms with Gasteiger partial charge in [0.2, 0.25) is 0 Å². The molecule has 0 spiro atoms. The summed E-state index contributed by atoms with van der Waals surface area (Å²) in [5.41, 5.74) is 9.97. The van der Waals surface area contributed by atoms with Gasteiger partial charge in [-0.15, -0.1) is 0 Å². The summed E-state index contributed by atoms with van der Waals surface area (Å²) in [4.78, 5) is 20.1. The molecule has 0 aliphatic rings. The zero-order valence-electron chi connectivity index (χ0n) is 18.6. The minimum absolute atomic E-state index is 0.207. The first-order valence-electron chi connectivity index (χ1n) is 10.8. The molecule has 162 valence electrons. The third-order valence-electron chi connectivity index (χ3n) is 5.99. The first-order valence-corrected chi connectivity index (χ1v) is 10.8. The van der Waals surface area contributed by atoms with E-state index in [4.69, 9.17) is 4.98 Å². The van der Waals surface area contributed by atoms with Gasteiger partial charge in [0.25, 0.3) is 5.56 Å². The number of rotatable bonds is 4. The Kier molecular flexibility index (Phi) is 4.91. The molecular formula is C26H22N6O. The number of anilines is 1. The van der Waals surface area contributed by atoms with E-state index in [-0.39, 0.29) is 5.56 Å². The van der Waals surface area contributed by atoms with Gasteiger partial charge in [0.05, 0.1) is 28.4 Å². The fourth-order valence-corrected chi connectivity index (χ4v) is 4.34. The number of hydrogen-bond acceptors (Lipinski definition) is 5. The molecule has 0 radical (unpaired) electrons. The summed E-state index contributed by atoms with van der Waals surface area (Å²) in [6, 6.07) is 17.8. The molecule has 5 aromatic rings. The first kappa shape index (κ1) is 20.5. The van der Waals surface area contributed by atoms with Crippen molar-refractivity contribution in [2.75, 3.05) is 5.43 Å². The Balaban J connectivity index is 1.66. The molecule has 0 bridgehead atoms. The van der Waals surface area contributed by atoms with Crippen LogP contribution in [0.4, 0.5) is 5.82 Å². The second kappa shape index (κ2) is 7.92. The molecule has 0 aliphatic heterocycles. The number of nitriles is 1. The molecule has 33 heavy (non-hydrogen) atoms. The second-order valence-corrected chi connectivity index (χ2v) is 8.07. The lowest BCUT2D eigenvalue weighted by Gasteiger charge is -2.15. The zero-order chi connectivity index (χ0) is 23.1. The smallest absolute Gasteiger partial charge is 0.257 e. The van der Waals surface area contributed by atoms with E-state index in [0.29, 0.717) is 23.2 Å². The number of aromatic nitrogens is 3. The third-order valence-corrected chi connectivity index (χ3v) is 5.99. The van der Waals surface area contributed by atoms with Crippen molar-refractivity contribution in [2.45, 2.75) is 27.2 Å². The summed E-state index contributed by atoms with van der Waals surface area (Å²) < 4.78 is 1.94. The molecule has 7 nitrogen and oxygen atoms in total. The third kappa shape index (κ3) is 3.33. The van der Waals surface area contributed by atoms with Crippen molar-refractivity contribution in [2.24, 2.45) is 5.10 Å². The van der Waals surface area contributed by atoms with Gasteiger partial charge >= 0.3 is 0 Å². The van der Waals surface area contributed by atoms with Gasteiger partial charge in [-0.1, -0.05) is 30.7 Å². The Bertz CT molecular complexity index is 1680. The number of aryl methyl sites for hydroxylation is 1. The fraction of sp³-hybridized carbons (Fsp3) is 0.154. The van der Waals surface area contributed by atoms with Gasteiger partial charge in [-0.05, 0) is 67.1 Å². The highest BCUT2D eigenvalue weighted by Crippen LogP contribution is 2.31. The van der Waals surface area contributed by atoms with Crippen molar-refractivity contribution in [3.63, 3.8) is 0 Å². The number of hydrazone groups is 1. The van der Waals surface area contributed by atoms with Crippen molar-refractivity contribution in [3.05, 3.63) is 86.7 Å². The minimum Gasteiger partial charge on any atom is -0.321 e. The summed E-state index contributed by atoms with van der Waals surface area (Å²) in [6.45, 7) is 5.99. The number of H-pyrrole nitrogens is 1. The van der Waals surface area contributed by atoms with E-state index in [9.17, 15) is 10.1 Å². The Hall–Kier alpha value is -4.44. The maximum Gasteiger partial charge on any atom is 0.257 e. The average Bonchev–Trinajstić information content (AvgIpc) is 3.19. The second-order valence-electron chi connectivity index (χ2n) is 8.07. The first-order chi connectivity index (χ1) is 16.0. The number of para-hydroxylation sites is 2. The molecule has 0 unspecified atom stereocenters. The molecule has 3 heterocycles. The van der Waals surface area contributed by atoms with Gasteiger partial charge in [0.15, 0.2) is 5.65 Å². The van der Waals surface area contributed by atoms with Crippen LogP contribution in [0, 0.1) is 25.2 Å². The maximum absolute atomic E-state index is 12.5. The number of fused-ring (bicyclic) bond motifs is 4. The summed E-state index contributed by atoms with van der Waals surface area (Å²) in [7, 11) is 0. The molecule has 2 N–H and O–H groups in total. The Morgan fingerprint density at radius 3 is 2.82 bits per heavy atom. The number of pyridine rings is 2. The molecule has 5 rings (SSSR count). The summed E-state index contributed by atoms with van der Waals surface area (Å²) in [5.74, 6) is 0.738. The normalized spacial score (nSPS) is 11.6. The van der Waals surface area contributed by atoms with Crippen molar-refractivity contribution >= 4 is 39.6 Å². The van der Waals surface area contributed by atoms with Gasteiger partial charge in [-0.3, -0.25) is 14.6 Å². The van der Waals surface area contributed by atoms with Gasteiger partial charge in [-0.25, -0.2) is 4.98 Å². The highest BCUT2D eigenvalue weighted by atomic mass is 16.1. The monoisotopic (exact) mass is 434 g/mol. The van der Waals surface area contributed by atoms with E-state index in [1.807, 2.05) is 73.7 Å². The summed E-state index contributed by atoms with van der Waals surface area (Å²) in [6.07, 6.45) is 2.23.